The molecule has 1 N–H and O–H groups in total. The first-order valence-corrected chi connectivity index (χ1v) is 6.08. The SMILES string of the molecule is COC(=O)NC1CCN(S(C)(=O)=O)C1. The monoisotopic (exact) mass is 222 g/mol. The summed E-state index contributed by atoms with van der Waals surface area (Å²) < 4.78 is 28.0. The van der Waals surface area contributed by atoms with E-state index in [1.54, 1.807) is 0 Å². The third-order valence-corrected chi connectivity index (χ3v) is 3.40. The van der Waals surface area contributed by atoms with E-state index in [1.165, 1.54) is 11.4 Å². The third kappa shape index (κ3) is 2.85. The maximum atomic E-state index is 11.1. The van der Waals surface area contributed by atoms with Crippen LogP contribution in [0.2, 0.25) is 0 Å². The quantitative estimate of drug-likeness (QED) is 0.675. The van der Waals surface area contributed by atoms with Crippen LogP contribution < -0.4 is 5.32 Å². The fraction of sp³-hybridized carbons (Fsp3) is 0.857. The smallest absolute Gasteiger partial charge is 0.407 e. The van der Waals surface area contributed by atoms with Gasteiger partial charge in [-0.05, 0) is 6.42 Å². The first kappa shape index (κ1) is 11.3. The van der Waals surface area contributed by atoms with Crippen LogP contribution in [0.15, 0.2) is 0 Å². The lowest BCUT2D eigenvalue weighted by Crippen LogP contribution is -2.38. The van der Waals surface area contributed by atoms with Gasteiger partial charge in [-0.25, -0.2) is 17.5 Å². The number of carbonyl (C=O) groups excluding carboxylic acids is 1. The molecule has 0 aliphatic carbocycles. The molecule has 0 bridgehead atoms. The zero-order valence-electron chi connectivity index (χ0n) is 8.19. The molecule has 0 radical (unpaired) electrons. The number of alkyl carbamates (subject to hydrolysis) is 1. The molecule has 1 aliphatic rings. The minimum absolute atomic E-state index is 0.142. The minimum atomic E-state index is -3.14. The van der Waals surface area contributed by atoms with E-state index in [0.717, 1.165) is 6.26 Å². The van der Waals surface area contributed by atoms with E-state index in [-0.39, 0.29) is 6.04 Å². The highest BCUT2D eigenvalue weighted by atomic mass is 32.2. The maximum Gasteiger partial charge on any atom is 0.407 e. The lowest BCUT2D eigenvalue weighted by molar-refractivity contribution is 0.167. The molecule has 1 heterocycles. The van der Waals surface area contributed by atoms with Crippen molar-refractivity contribution in [3.63, 3.8) is 0 Å². The zero-order chi connectivity index (χ0) is 10.8. The van der Waals surface area contributed by atoms with Crippen LogP contribution in [0.1, 0.15) is 6.42 Å². The van der Waals surface area contributed by atoms with Gasteiger partial charge in [0.05, 0.1) is 13.4 Å². The summed E-state index contributed by atoms with van der Waals surface area (Å²) in [6.45, 7) is 0.779. The van der Waals surface area contributed by atoms with E-state index >= 15 is 0 Å². The summed E-state index contributed by atoms with van der Waals surface area (Å²) >= 11 is 0. The minimum Gasteiger partial charge on any atom is -0.453 e. The van der Waals surface area contributed by atoms with Gasteiger partial charge in [0, 0.05) is 19.1 Å². The Bertz CT molecular complexity index is 314. The van der Waals surface area contributed by atoms with Crippen molar-refractivity contribution in [1.82, 2.24) is 9.62 Å². The molecule has 6 nitrogen and oxygen atoms in total. The number of nitrogens with one attached hydrogen (secondary N) is 1. The lowest BCUT2D eigenvalue weighted by atomic mass is 10.3. The fourth-order valence-corrected chi connectivity index (χ4v) is 2.26. The highest BCUT2D eigenvalue weighted by Crippen LogP contribution is 2.12. The van der Waals surface area contributed by atoms with Crippen LogP contribution in [0, 0.1) is 0 Å². The summed E-state index contributed by atoms with van der Waals surface area (Å²) in [6, 6.07) is -0.142. The molecule has 7 heteroatoms. The van der Waals surface area contributed by atoms with Crippen LogP contribution in [-0.2, 0) is 14.8 Å². The number of hydrogen-bond donors (Lipinski definition) is 1. The van der Waals surface area contributed by atoms with Gasteiger partial charge < -0.3 is 10.1 Å². The van der Waals surface area contributed by atoms with Gasteiger partial charge in [0.1, 0.15) is 0 Å². The standard InChI is InChI=1S/C7H14N2O4S/c1-13-7(10)8-6-3-4-9(5-6)14(2,11)12/h6H,3-5H2,1-2H3,(H,8,10). The van der Waals surface area contributed by atoms with E-state index in [2.05, 4.69) is 10.1 Å². The molecule has 1 atom stereocenters. The second kappa shape index (κ2) is 4.14. The summed E-state index contributed by atoms with van der Waals surface area (Å²) in [4.78, 5) is 10.8. The number of sulfonamides is 1. The van der Waals surface area contributed by atoms with Gasteiger partial charge in [0.25, 0.3) is 0 Å². The molecule has 0 saturated carbocycles. The fourth-order valence-electron chi connectivity index (χ4n) is 1.37. The van der Waals surface area contributed by atoms with Crippen molar-refractivity contribution in [3.05, 3.63) is 0 Å². The third-order valence-electron chi connectivity index (χ3n) is 2.13. The van der Waals surface area contributed by atoms with Crippen molar-refractivity contribution in [3.8, 4) is 0 Å². The molecule has 0 aromatic heterocycles. The van der Waals surface area contributed by atoms with Crippen molar-refractivity contribution < 1.29 is 17.9 Å². The second-order valence-electron chi connectivity index (χ2n) is 3.24. The molecular formula is C7H14N2O4S. The summed E-state index contributed by atoms with van der Waals surface area (Å²) in [5, 5.41) is 2.56. The van der Waals surface area contributed by atoms with Crippen LogP contribution >= 0.6 is 0 Å². The Balaban J connectivity index is 2.46. The normalized spacial score (nSPS) is 23.4. The number of rotatable bonds is 2. The second-order valence-corrected chi connectivity index (χ2v) is 5.22. The number of carbonyl (C=O) groups is 1. The van der Waals surface area contributed by atoms with Gasteiger partial charge in [-0.1, -0.05) is 0 Å². The summed E-state index contributed by atoms with van der Waals surface area (Å²) in [5.74, 6) is 0. The lowest BCUT2D eigenvalue weighted by Gasteiger charge is -2.13. The molecule has 0 aromatic carbocycles. The molecule has 1 aliphatic heterocycles. The molecule has 1 amide bonds. The Kier molecular flexibility index (Phi) is 3.33. The average molecular weight is 222 g/mol. The molecular weight excluding hydrogens is 208 g/mol. The van der Waals surface area contributed by atoms with Gasteiger partial charge in [0.15, 0.2) is 0 Å². The van der Waals surface area contributed by atoms with Crippen LogP contribution in [-0.4, -0.2) is 51.3 Å². The zero-order valence-corrected chi connectivity index (χ0v) is 9.00. The largest absolute Gasteiger partial charge is 0.453 e. The van der Waals surface area contributed by atoms with Gasteiger partial charge in [-0.15, -0.1) is 0 Å². The Hall–Kier alpha value is -0.820. The molecule has 1 rings (SSSR count). The summed E-state index contributed by atoms with van der Waals surface area (Å²) in [7, 11) is -1.86. The number of hydrogen-bond acceptors (Lipinski definition) is 4. The van der Waals surface area contributed by atoms with Crippen LogP contribution in [0.3, 0.4) is 0 Å². The molecule has 82 valence electrons. The molecule has 0 aromatic rings. The average Bonchev–Trinajstić information content (AvgIpc) is 2.51. The van der Waals surface area contributed by atoms with E-state index in [9.17, 15) is 13.2 Å². The first-order valence-electron chi connectivity index (χ1n) is 4.23. The molecule has 1 saturated heterocycles. The summed E-state index contributed by atoms with van der Waals surface area (Å²) in [6.07, 6.45) is 1.26. The Morgan fingerprint density at radius 2 is 2.21 bits per heavy atom. The first-order chi connectivity index (χ1) is 6.43. The topological polar surface area (TPSA) is 75.7 Å². The number of amides is 1. The van der Waals surface area contributed by atoms with Crippen LogP contribution in [0.4, 0.5) is 4.79 Å². The predicted octanol–water partition coefficient (Wildman–Crippen LogP) is -0.624. The van der Waals surface area contributed by atoms with Crippen molar-refractivity contribution >= 4 is 16.1 Å². The predicted molar refractivity (Wildman–Crippen MR) is 50.4 cm³/mol. The van der Waals surface area contributed by atoms with E-state index in [4.69, 9.17) is 0 Å². The number of nitrogens with zero attached hydrogens (tertiary/aromatic N) is 1. The van der Waals surface area contributed by atoms with Gasteiger partial charge in [-0.3, -0.25) is 0 Å². The van der Waals surface area contributed by atoms with E-state index in [0.29, 0.717) is 19.5 Å². The van der Waals surface area contributed by atoms with Crippen LogP contribution in [0.25, 0.3) is 0 Å². The summed E-state index contributed by atoms with van der Waals surface area (Å²) in [5.41, 5.74) is 0. The number of methoxy groups -OCH3 is 1. The highest BCUT2D eigenvalue weighted by molar-refractivity contribution is 7.88. The maximum absolute atomic E-state index is 11.1. The van der Waals surface area contributed by atoms with Crippen molar-refractivity contribution in [2.75, 3.05) is 26.5 Å². The van der Waals surface area contributed by atoms with Crippen molar-refractivity contribution in [1.29, 1.82) is 0 Å². The Morgan fingerprint density at radius 3 is 2.64 bits per heavy atom. The van der Waals surface area contributed by atoms with Gasteiger partial charge >= 0.3 is 6.09 Å². The number of ether oxygens (including phenoxy) is 1. The van der Waals surface area contributed by atoms with E-state index < -0.39 is 16.1 Å². The Labute approximate surface area is 83.3 Å². The van der Waals surface area contributed by atoms with Gasteiger partial charge in [-0.2, -0.15) is 0 Å². The van der Waals surface area contributed by atoms with Gasteiger partial charge in [0.2, 0.25) is 10.0 Å². The van der Waals surface area contributed by atoms with Crippen LogP contribution in [0.5, 0.6) is 0 Å². The van der Waals surface area contributed by atoms with E-state index in [1.807, 2.05) is 0 Å². The molecule has 1 unspecified atom stereocenters. The Morgan fingerprint density at radius 1 is 1.57 bits per heavy atom. The molecule has 1 fully saturated rings. The molecule has 0 spiro atoms. The van der Waals surface area contributed by atoms with Crippen molar-refractivity contribution in [2.24, 2.45) is 0 Å². The highest BCUT2D eigenvalue weighted by Gasteiger charge is 2.29. The molecule has 14 heavy (non-hydrogen) atoms. The van der Waals surface area contributed by atoms with Crippen molar-refractivity contribution in [2.45, 2.75) is 12.5 Å².